The van der Waals surface area contributed by atoms with E-state index in [1.54, 1.807) is 12.4 Å². The number of hydrogen-bond acceptors (Lipinski definition) is 3. The van der Waals surface area contributed by atoms with Crippen LogP contribution in [0.3, 0.4) is 0 Å². The van der Waals surface area contributed by atoms with Gasteiger partial charge in [-0.1, -0.05) is 0 Å². The van der Waals surface area contributed by atoms with E-state index in [1.807, 2.05) is 6.07 Å². The Balaban J connectivity index is 0. The molecule has 3 N–H and O–H groups in total. The van der Waals surface area contributed by atoms with Crippen molar-refractivity contribution in [1.29, 1.82) is 0 Å². The summed E-state index contributed by atoms with van der Waals surface area (Å²) in [6.45, 7) is 0. The first-order chi connectivity index (χ1) is 4.50. The molecule has 11 heavy (non-hydrogen) atoms. The Labute approximate surface area is 85.9 Å². The number of aromatic nitrogens is 2. The van der Waals surface area contributed by atoms with Crippen LogP contribution in [-0.4, -0.2) is 57.3 Å². The minimum Gasteiger partial charge on any atom is -0.286 e. The van der Waals surface area contributed by atoms with E-state index < -0.39 is 10.4 Å². The molecule has 0 fully saturated rings. The molecule has 0 aliphatic carbocycles. The minimum absolute atomic E-state index is 0. The van der Waals surface area contributed by atoms with Gasteiger partial charge in [-0.2, -0.15) is 13.5 Å². The van der Waals surface area contributed by atoms with E-state index in [0.717, 1.165) is 0 Å². The third-order valence-corrected chi connectivity index (χ3v) is 0.406. The molecule has 0 aliphatic heterocycles. The van der Waals surface area contributed by atoms with Gasteiger partial charge < -0.3 is 0 Å². The summed E-state index contributed by atoms with van der Waals surface area (Å²) in [5.74, 6) is 0. The molecule has 0 saturated carbocycles. The molecule has 0 aliphatic rings. The van der Waals surface area contributed by atoms with Crippen LogP contribution in [0, 0.1) is 0 Å². The van der Waals surface area contributed by atoms with Crippen LogP contribution in [0.2, 0.25) is 0 Å². The number of hydrogen-bond donors (Lipinski definition) is 3. The fourth-order valence-corrected chi connectivity index (χ4v) is 0.215. The smallest absolute Gasteiger partial charge is 0.0487 e. The molecule has 1 aromatic heterocycles. The number of nitrogens with zero attached hydrogens (tertiary/aromatic N) is 1. The molecule has 1 aromatic rings. The number of rotatable bonds is 0. The van der Waals surface area contributed by atoms with Gasteiger partial charge in [0, 0.05) is 12.4 Å². The van der Waals surface area contributed by atoms with E-state index in [0.29, 0.717) is 0 Å². The van der Waals surface area contributed by atoms with Crippen LogP contribution in [0.15, 0.2) is 18.5 Å². The summed E-state index contributed by atoms with van der Waals surface area (Å²) in [6.07, 6.45) is 3.46. The summed E-state index contributed by atoms with van der Waals surface area (Å²) in [4.78, 5) is 0. The van der Waals surface area contributed by atoms with E-state index in [4.69, 9.17) is 17.5 Å². The van der Waals surface area contributed by atoms with E-state index >= 15 is 0 Å². The predicted octanol–water partition coefficient (Wildman–Crippen LogP) is -0.892. The van der Waals surface area contributed by atoms with Crippen molar-refractivity contribution in [2.75, 3.05) is 0 Å². The zero-order valence-electron chi connectivity index (χ0n) is 4.80. The Bertz CT molecular complexity index is 219. The molecule has 0 amide bonds. The van der Waals surface area contributed by atoms with Crippen molar-refractivity contribution < 1.29 is 17.5 Å². The van der Waals surface area contributed by atoms with Gasteiger partial charge in [0.1, 0.15) is 0 Å². The Morgan fingerprint density at radius 1 is 1.36 bits per heavy atom. The van der Waals surface area contributed by atoms with E-state index in [9.17, 15) is 0 Å². The zero-order chi connectivity index (χ0) is 8.04. The monoisotopic (exact) mass is 190 g/mol. The topological polar surface area (TPSA) is 103 Å². The van der Waals surface area contributed by atoms with Gasteiger partial charge in [0.05, 0.1) is 0 Å². The molecule has 0 atom stereocenters. The van der Waals surface area contributed by atoms with Gasteiger partial charge in [-0.25, -0.2) is 0 Å². The number of aromatic amines is 1. The van der Waals surface area contributed by atoms with Gasteiger partial charge >= 0.3 is 40.0 Å². The third-order valence-electron chi connectivity index (χ3n) is 0.406. The first-order valence-corrected chi connectivity index (χ1v) is 3.53. The van der Waals surface area contributed by atoms with Crippen molar-refractivity contribution in [3.8, 4) is 0 Å². The quantitative estimate of drug-likeness (QED) is 0.363. The average molecular weight is 190 g/mol. The maximum Gasteiger partial charge on any atom is 0.0487 e. The fraction of sp³-hybridized carbons (Fsp3) is 0. The van der Waals surface area contributed by atoms with Crippen LogP contribution in [0.1, 0.15) is 0 Å². The first-order valence-electron chi connectivity index (χ1n) is 2.14. The third kappa shape index (κ3) is 25.5. The van der Waals surface area contributed by atoms with Crippen LogP contribution in [0.4, 0.5) is 0 Å². The van der Waals surface area contributed by atoms with Gasteiger partial charge in [-0.3, -0.25) is 14.2 Å². The molecule has 0 radical (unpaired) electrons. The van der Waals surface area contributed by atoms with Gasteiger partial charge in [0.2, 0.25) is 0 Å². The second-order valence-electron chi connectivity index (χ2n) is 1.21. The molecule has 0 saturated heterocycles. The summed E-state index contributed by atoms with van der Waals surface area (Å²) in [6, 6.07) is 1.83. The minimum atomic E-state index is -4.67. The summed E-state index contributed by atoms with van der Waals surface area (Å²) in [7, 11) is -4.67. The molecule has 60 valence electrons. The van der Waals surface area contributed by atoms with Crippen LogP contribution in [0.25, 0.3) is 0 Å². The summed E-state index contributed by atoms with van der Waals surface area (Å²) >= 11 is 0. The van der Waals surface area contributed by atoms with Crippen LogP contribution in [-0.2, 0) is 10.4 Å². The van der Waals surface area contributed by atoms with Crippen molar-refractivity contribution in [3.63, 3.8) is 0 Å². The van der Waals surface area contributed by atoms with E-state index in [1.165, 1.54) is 0 Å². The van der Waals surface area contributed by atoms with Crippen molar-refractivity contribution >= 4 is 40.0 Å². The molecule has 8 heteroatoms. The van der Waals surface area contributed by atoms with Crippen LogP contribution >= 0.6 is 0 Å². The fourth-order valence-electron chi connectivity index (χ4n) is 0.215. The van der Waals surface area contributed by atoms with Crippen LogP contribution in [0.5, 0.6) is 0 Å². The average Bonchev–Trinajstić information content (AvgIpc) is 2.07. The van der Waals surface area contributed by atoms with Crippen LogP contribution < -0.4 is 0 Å². The van der Waals surface area contributed by atoms with Crippen molar-refractivity contribution in [2.24, 2.45) is 0 Å². The molecule has 0 bridgehead atoms. The number of H-pyrrole nitrogens is 1. The SMILES string of the molecule is O=S(=O)(O)O.[NaH].c1cn[nH]c1. The maximum atomic E-state index is 8.74. The standard InChI is InChI=1S/C3H4N2.Na.H2O4S.H/c1-2-4-5-3-1;;1-5(2,3)4;/h1-3H,(H,4,5);;(H2,1,2,3,4);. The summed E-state index contributed by atoms with van der Waals surface area (Å²) in [5, 5.41) is 6.21. The van der Waals surface area contributed by atoms with Gasteiger partial charge in [-0.05, 0) is 6.07 Å². The molecular formula is C3H7N2NaO4S. The first kappa shape index (κ1) is 13.7. The predicted molar refractivity (Wildman–Crippen MR) is 39.9 cm³/mol. The van der Waals surface area contributed by atoms with Crippen molar-refractivity contribution in [3.05, 3.63) is 18.5 Å². The molecule has 0 unspecified atom stereocenters. The Morgan fingerprint density at radius 2 is 1.82 bits per heavy atom. The maximum absolute atomic E-state index is 8.74. The Morgan fingerprint density at radius 3 is 1.91 bits per heavy atom. The second kappa shape index (κ2) is 6.77. The molecule has 1 heterocycles. The molecule has 0 spiro atoms. The molecule has 1 rings (SSSR count). The van der Waals surface area contributed by atoms with E-state index in [2.05, 4.69) is 10.2 Å². The van der Waals surface area contributed by atoms with Crippen molar-refractivity contribution in [2.45, 2.75) is 0 Å². The van der Waals surface area contributed by atoms with Gasteiger partial charge in [0.25, 0.3) is 0 Å². The number of nitrogens with one attached hydrogen (secondary N) is 1. The second-order valence-corrected chi connectivity index (χ2v) is 2.11. The molecule has 0 aromatic carbocycles. The van der Waals surface area contributed by atoms with Gasteiger partial charge in [0.15, 0.2) is 0 Å². The Kier molecular flexibility index (Phi) is 8.40. The summed E-state index contributed by atoms with van der Waals surface area (Å²) < 4.78 is 31.6. The van der Waals surface area contributed by atoms with Crippen molar-refractivity contribution in [1.82, 2.24) is 10.2 Å². The zero-order valence-corrected chi connectivity index (χ0v) is 5.61. The Hall–Kier alpha value is 0.0800. The van der Waals surface area contributed by atoms with Gasteiger partial charge in [-0.15, -0.1) is 0 Å². The molecular weight excluding hydrogens is 183 g/mol. The largest absolute Gasteiger partial charge is 0.286 e. The molecule has 6 nitrogen and oxygen atoms in total. The summed E-state index contributed by atoms with van der Waals surface area (Å²) in [5.41, 5.74) is 0. The van der Waals surface area contributed by atoms with E-state index in [-0.39, 0.29) is 29.6 Å². The normalized spacial score (nSPS) is 8.91.